The van der Waals surface area contributed by atoms with Gasteiger partial charge in [-0.2, -0.15) is 0 Å². The van der Waals surface area contributed by atoms with Crippen LogP contribution in [0.3, 0.4) is 0 Å². The summed E-state index contributed by atoms with van der Waals surface area (Å²) in [7, 11) is 1.70. The van der Waals surface area contributed by atoms with E-state index < -0.39 is 0 Å². The minimum atomic E-state index is 0.0635. The number of fused-ring (bicyclic) bond motifs is 2. The molecule has 1 unspecified atom stereocenters. The number of hydrogen-bond donors (Lipinski definition) is 1. The van der Waals surface area contributed by atoms with Crippen molar-refractivity contribution in [2.45, 2.75) is 44.4 Å². The van der Waals surface area contributed by atoms with E-state index in [2.05, 4.69) is 62.7 Å². The molecule has 0 aliphatic carbocycles. The van der Waals surface area contributed by atoms with Crippen molar-refractivity contribution in [1.82, 2.24) is 4.90 Å². The maximum absolute atomic E-state index is 9.83. The predicted octanol–water partition coefficient (Wildman–Crippen LogP) is 4.75. The van der Waals surface area contributed by atoms with Crippen molar-refractivity contribution in [2.75, 3.05) is 44.9 Å². The summed E-state index contributed by atoms with van der Waals surface area (Å²) in [5.41, 5.74) is 3.66. The number of benzene rings is 2. The van der Waals surface area contributed by atoms with Crippen LogP contribution in [0.5, 0.6) is 5.75 Å². The van der Waals surface area contributed by atoms with Crippen molar-refractivity contribution in [2.24, 2.45) is 0 Å². The Morgan fingerprint density at radius 1 is 1.19 bits per heavy atom. The lowest BCUT2D eigenvalue weighted by Gasteiger charge is -2.47. The summed E-state index contributed by atoms with van der Waals surface area (Å²) >= 11 is 8.65. The fraction of sp³-hybridized carbons (Fsp3) is 0.520. The van der Waals surface area contributed by atoms with Gasteiger partial charge in [-0.3, -0.25) is 4.90 Å². The summed E-state index contributed by atoms with van der Waals surface area (Å²) in [6.07, 6.45) is 4.36. The summed E-state index contributed by atoms with van der Waals surface area (Å²) in [4.78, 5) is 4.87. The lowest BCUT2D eigenvalue weighted by Crippen LogP contribution is -2.59. The van der Waals surface area contributed by atoms with Gasteiger partial charge in [0.15, 0.2) is 0 Å². The van der Waals surface area contributed by atoms with Crippen molar-refractivity contribution in [3.8, 4) is 5.75 Å². The van der Waals surface area contributed by atoms with E-state index in [-0.39, 0.29) is 12.6 Å². The molecule has 1 fully saturated rings. The molecule has 0 radical (unpaired) electrons. The zero-order chi connectivity index (χ0) is 22.5. The molecule has 174 valence electrons. The summed E-state index contributed by atoms with van der Waals surface area (Å²) in [6, 6.07) is 13.0. The molecule has 7 heteroatoms. The van der Waals surface area contributed by atoms with Crippen molar-refractivity contribution in [3.63, 3.8) is 0 Å². The number of likely N-dealkylation sites (tertiary alicyclic amines) is 1. The third-order valence-corrected chi connectivity index (χ3v) is 7.50. The first-order chi connectivity index (χ1) is 15.6. The van der Waals surface area contributed by atoms with Crippen LogP contribution >= 0.6 is 34.2 Å². The molecular formula is C25H32ClIN2O3. The van der Waals surface area contributed by atoms with Gasteiger partial charge in [0.2, 0.25) is 0 Å². The zero-order valence-electron chi connectivity index (χ0n) is 18.6. The molecule has 4 rings (SSSR count). The third kappa shape index (κ3) is 5.70. The van der Waals surface area contributed by atoms with Crippen LogP contribution in [-0.2, 0) is 17.8 Å². The molecule has 2 aliphatic rings. The lowest BCUT2D eigenvalue weighted by molar-refractivity contribution is -0.0187. The second kappa shape index (κ2) is 11.4. The highest BCUT2D eigenvalue weighted by molar-refractivity contribution is 14.1. The molecule has 1 N–H and O–H groups in total. The van der Waals surface area contributed by atoms with Gasteiger partial charge in [-0.1, -0.05) is 17.7 Å². The van der Waals surface area contributed by atoms with Crippen LogP contribution in [0, 0.1) is 3.57 Å². The van der Waals surface area contributed by atoms with E-state index >= 15 is 0 Å². The average Bonchev–Trinajstić information content (AvgIpc) is 2.80. The van der Waals surface area contributed by atoms with E-state index in [4.69, 9.17) is 21.1 Å². The van der Waals surface area contributed by atoms with Crippen LogP contribution in [0.15, 0.2) is 36.4 Å². The number of nitrogens with zero attached hydrogens (tertiary/aromatic N) is 2. The molecule has 0 spiro atoms. The minimum Gasteiger partial charge on any atom is -0.487 e. The Kier molecular flexibility index (Phi) is 8.56. The molecule has 0 bridgehead atoms. The standard InChI is InChI=1S/C25H32ClIN2O3/c1-31-17-23(15-30)29-11-9-22(29)14-28-10-3-2-4-18-12-20(26)6-5-19(18)16-32-25-8-7-21(27)13-24(25)28/h5-8,12-13,22-23,30H,2-4,9-11,14-17H2,1H3/t22-,23?/m0/s1. The highest BCUT2D eigenvalue weighted by Gasteiger charge is 2.35. The van der Waals surface area contributed by atoms with E-state index in [0.29, 0.717) is 19.3 Å². The first-order valence-electron chi connectivity index (χ1n) is 11.4. The first kappa shape index (κ1) is 24.1. The molecule has 0 saturated carbocycles. The summed E-state index contributed by atoms with van der Waals surface area (Å²) < 4.78 is 12.9. The minimum absolute atomic E-state index is 0.0635. The Morgan fingerprint density at radius 3 is 2.81 bits per heavy atom. The van der Waals surface area contributed by atoms with E-state index in [1.54, 1.807) is 7.11 Å². The fourth-order valence-electron chi connectivity index (χ4n) is 4.75. The second-order valence-corrected chi connectivity index (χ2v) is 10.4. The fourth-order valence-corrected chi connectivity index (χ4v) is 5.42. The average molecular weight is 571 g/mol. The number of halogens is 2. The number of aliphatic hydroxyl groups excluding tert-OH is 1. The molecule has 2 aromatic carbocycles. The number of aliphatic hydroxyl groups is 1. The van der Waals surface area contributed by atoms with E-state index in [1.807, 2.05) is 6.07 Å². The SMILES string of the molecule is COCC(CO)N1CC[C@H]1CN1CCCCc2cc(Cl)ccc2COc2ccc(I)cc21. The molecule has 2 atom stereocenters. The predicted molar refractivity (Wildman–Crippen MR) is 138 cm³/mol. The molecule has 2 aliphatic heterocycles. The maximum atomic E-state index is 9.83. The van der Waals surface area contributed by atoms with E-state index in [9.17, 15) is 5.11 Å². The van der Waals surface area contributed by atoms with E-state index in [0.717, 1.165) is 61.8 Å². The van der Waals surface area contributed by atoms with Crippen LogP contribution in [0.4, 0.5) is 5.69 Å². The van der Waals surface area contributed by atoms with Gasteiger partial charge >= 0.3 is 0 Å². The van der Waals surface area contributed by atoms with Gasteiger partial charge in [0, 0.05) is 41.4 Å². The smallest absolute Gasteiger partial charge is 0.143 e. The second-order valence-electron chi connectivity index (χ2n) is 8.69. The molecule has 32 heavy (non-hydrogen) atoms. The Hall–Kier alpha value is -1.06. The van der Waals surface area contributed by atoms with E-state index in [1.165, 1.54) is 14.7 Å². The van der Waals surface area contributed by atoms with Crippen molar-refractivity contribution < 1.29 is 14.6 Å². The molecule has 2 heterocycles. The van der Waals surface area contributed by atoms with Gasteiger partial charge < -0.3 is 19.5 Å². The van der Waals surface area contributed by atoms with Crippen LogP contribution in [0.25, 0.3) is 0 Å². The Labute approximate surface area is 209 Å². The number of anilines is 1. The maximum Gasteiger partial charge on any atom is 0.143 e. The Morgan fingerprint density at radius 2 is 2.06 bits per heavy atom. The number of ether oxygens (including phenoxy) is 2. The highest BCUT2D eigenvalue weighted by atomic mass is 127. The van der Waals surface area contributed by atoms with Crippen molar-refractivity contribution in [3.05, 3.63) is 56.1 Å². The number of aryl methyl sites for hydroxylation is 1. The Balaban J connectivity index is 1.57. The van der Waals surface area contributed by atoms with Crippen LogP contribution in [0.1, 0.15) is 30.4 Å². The van der Waals surface area contributed by atoms with Gasteiger partial charge in [-0.25, -0.2) is 0 Å². The highest BCUT2D eigenvalue weighted by Crippen LogP contribution is 2.34. The summed E-state index contributed by atoms with van der Waals surface area (Å²) in [6.45, 7) is 4.15. The first-order valence-corrected chi connectivity index (χ1v) is 12.8. The molecule has 0 amide bonds. The quantitative estimate of drug-likeness (QED) is 0.508. The van der Waals surface area contributed by atoms with Crippen LogP contribution < -0.4 is 9.64 Å². The number of hydrogen-bond acceptors (Lipinski definition) is 5. The zero-order valence-corrected chi connectivity index (χ0v) is 21.5. The summed E-state index contributed by atoms with van der Waals surface area (Å²) in [5, 5.41) is 10.6. The summed E-state index contributed by atoms with van der Waals surface area (Å²) in [5.74, 6) is 0.926. The molecule has 2 aromatic rings. The van der Waals surface area contributed by atoms with Crippen molar-refractivity contribution >= 4 is 39.9 Å². The molecular weight excluding hydrogens is 539 g/mol. The third-order valence-electron chi connectivity index (χ3n) is 6.60. The largest absolute Gasteiger partial charge is 0.487 e. The molecule has 1 saturated heterocycles. The van der Waals surface area contributed by atoms with Crippen LogP contribution in [-0.4, -0.2) is 62.0 Å². The van der Waals surface area contributed by atoms with Crippen LogP contribution in [0.2, 0.25) is 5.02 Å². The molecule has 5 nitrogen and oxygen atoms in total. The van der Waals surface area contributed by atoms with Gasteiger partial charge in [-0.05, 0) is 89.7 Å². The normalized spacial score (nSPS) is 20.4. The van der Waals surface area contributed by atoms with Gasteiger partial charge in [0.05, 0.1) is 24.9 Å². The Bertz CT molecular complexity index is 913. The van der Waals surface area contributed by atoms with Gasteiger partial charge in [0.1, 0.15) is 12.4 Å². The lowest BCUT2D eigenvalue weighted by atomic mass is 9.98. The number of rotatable bonds is 6. The van der Waals surface area contributed by atoms with Crippen molar-refractivity contribution in [1.29, 1.82) is 0 Å². The monoisotopic (exact) mass is 570 g/mol. The number of methoxy groups -OCH3 is 1. The van der Waals surface area contributed by atoms with Gasteiger partial charge in [-0.15, -0.1) is 0 Å². The molecule has 0 aromatic heterocycles. The van der Waals surface area contributed by atoms with Gasteiger partial charge in [0.25, 0.3) is 0 Å². The topological polar surface area (TPSA) is 45.2 Å².